The van der Waals surface area contributed by atoms with E-state index < -0.39 is 0 Å². The number of hydrogen-bond acceptors (Lipinski definition) is 3. The molecule has 2 rings (SSSR count). The maximum Gasteiger partial charge on any atom is 0.170 e. The lowest BCUT2D eigenvalue weighted by atomic mass is 9.84. The highest BCUT2D eigenvalue weighted by Gasteiger charge is 2.26. The van der Waals surface area contributed by atoms with Crippen LogP contribution in [0.25, 0.3) is 0 Å². The third-order valence-electron chi connectivity index (χ3n) is 3.72. The average Bonchev–Trinajstić information content (AvgIpc) is 2.37. The standard InChI is InChI=1S/C15H23N3O/c1-15(2)7-4-8-18(11-15)10-12-5-3-6-13(9-12)14(16)17-19/h3,5-6,9,19H,4,7-8,10-11H2,1-2H3,(H2,16,17). The van der Waals surface area contributed by atoms with Crippen molar-refractivity contribution in [2.45, 2.75) is 33.2 Å². The van der Waals surface area contributed by atoms with Gasteiger partial charge in [0.1, 0.15) is 0 Å². The molecule has 1 fully saturated rings. The summed E-state index contributed by atoms with van der Waals surface area (Å²) in [6.45, 7) is 7.85. The highest BCUT2D eigenvalue weighted by Crippen LogP contribution is 2.29. The first-order valence-electron chi connectivity index (χ1n) is 6.79. The zero-order valence-electron chi connectivity index (χ0n) is 11.8. The maximum absolute atomic E-state index is 8.72. The molecule has 0 bridgehead atoms. The topological polar surface area (TPSA) is 61.8 Å². The summed E-state index contributed by atoms with van der Waals surface area (Å²) in [6, 6.07) is 7.91. The Morgan fingerprint density at radius 1 is 1.47 bits per heavy atom. The van der Waals surface area contributed by atoms with E-state index in [-0.39, 0.29) is 5.84 Å². The molecule has 1 heterocycles. The monoisotopic (exact) mass is 261 g/mol. The average molecular weight is 261 g/mol. The Morgan fingerprint density at radius 3 is 2.95 bits per heavy atom. The molecule has 1 aliphatic rings. The van der Waals surface area contributed by atoms with Crippen molar-refractivity contribution in [1.82, 2.24) is 4.90 Å². The number of nitrogens with two attached hydrogens (primary N) is 1. The fourth-order valence-electron chi connectivity index (χ4n) is 2.82. The number of benzene rings is 1. The summed E-state index contributed by atoms with van der Waals surface area (Å²) in [4.78, 5) is 2.48. The number of piperidine rings is 1. The first kappa shape index (κ1) is 13.9. The maximum atomic E-state index is 8.72. The summed E-state index contributed by atoms with van der Waals surface area (Å²) in [5.41, 5.74) is 8.01. The third kappa shape index (κ3) is 3.70. The molecule has 1 aromatic carbocycles. The number of amidine groups is 1. The first-order valence-corrected chi connectivity index (χ1v) is 6.79. The quantitative estimate of drug-likeness (QED) is 0.380. The zero-order valence-corrected chi connectivity index (χ0v) is 11.8. The van der Waals surface area contributed by atoms with Gasteiger partial charge >= 0.3 is 0 Å². The zero-order chi connectivity index (χ0) is 13.9. The van der Waals surface area contributed by atoms with E-state index in [9.17, 15) is 0 Å². The molecule has 1 aromatic rings. The van der Waals surface area contributed by atoms with Gasteiger partial charge in [-0.05, 0) is 36.4 Å². The lowest BCUT2D eigenvalue weighted by Gasteiger charge is -2.38. The number of oxime groups is 1. The molecule has 1 saturated heterocycles. The molecule has 4 heteroatoms. The van der Waals surface area contributed by atoms with Gasteiger partial charge in [-0.2, -0.15) is 0 Å². The Hall–Kier alpha value is -1.55. The Labute approximate surface area is 114 Å². The minimum absolute atomic E-state index is 0.167. The fraction of sp³-hybridized carbons (Fsp3) is 0.533. The molecule has 3 N–H and O–H groups in total. The van der Waals surface area contributed by atoms with Crippen molar-refractivity contribution in [3.8, 4) is 0 Å². The number of nitrogens with zero attached hydrogens (tertiary/aromatic N) is 2. The predicted octanol–water partition coefficient (Wildman–Crippen LogP) is 2.40. The molecule has 0 aliphatic carbocycles. The van der Waals surface area contributed by atoms with Crippen LogP contribution in [0.5, 0.6) is 0 Å². The molecule has 0 spiro atoms. The van der Waals surface area contributed by atoms with Crippen LogP contribution in [0, 0.1) is 5.41 Å². The van der Waals surface area contributed by atoms with Crippen LogP contribution < -0.4 is 5.73 Å². The summed E-state index contributed by atoms with van der Waals surface area (Å²) in [6.07, 6.45) is 2.56. The van der Waals surface area contributed by atoms with Crippen LogP contribution in [0.3, 0.4) is 0 Å². The Kier molecular flexibility index (Phi) is 4.10. The molecule has 19 heavy (non-hydrogen) atoms. The molecule has 0 unspecified atom stereocenters. The molecule has 0 radical (unpaired) electrons. The molecule has 0 aromatic heterocycles. The Morgan fingerprint density at radius 2 is 2.26 bits per heavy atom. The van der Waals surface area contributed by atoms with Crippen LogP contribution in [0.4, 0.5) is 0 Å². The van der Waals surface area contributed by atoms with Gasteiger partial charge in [0.15, 0.2) is 5.84 Å². The van der Waals surface area contributed by atoms with Gasteiger partial charge in [-0.1, -0.05) is 37.2 Å². The minimum Gasteiger partial charge on any atom is -0.409 e. The summed E-state index contributed by atoms with van der Waals surface area (Å²) >= 11 is 0. The molecule has 4 nitrogen and oxygen atoms in total. The highest BCUT2D eigenvalue weighted by molar-refractivity contribution is 5.97. The molecule has 104 valence electrons. The summed E-state index contributed by atoms with van der Waals surface area (Å²) in [5.74, 6) is 0.167. The van der Waals surface area contributed by atoms with E-state index in [0.717, 1.165) is 25.2 Å². The normalized spacial score (nSPS) is 20.4. The van der Waals surface area contributed by atoms with Gasteiger partial charge in [0.25, 0.3) is 0 Å². The van der Waals surface area contributed by atoms with Gasteiger partial charge in [0.2, 0.25) is 0 Å². The van der Waals surface area contributed by atoms with Crippen molar-refractivity contribution in [3.05, 3.63) is 35.4 Å². The second kappa shape index (κ2) is 5.61. The highest BCUT2D eigenvalue weighted by atomic mass is 16.4. The summed E-state index contributed by atoms with van der Waals surface area (Å²) < 4.78 is 0. The van der Waals surface area contributed by atoms with E-state index in [2.05, 4.69) is 30.0 Å². The fourth-order valence-corrected chi connectivity index (χ4v) is 2.82. The van der Waals surface area contributed by atoms with E-state index in [1.54, 1.807) is 0 Å². The largest absolute Gasteiger partial charge is 0.409 e. The van der Waals surface area contributed by atoms with Crippen LogP contribution in [0.2, 0.25) is 0 Å². The van der Waals surface area contributed by atoms with Crippen molar-refractivity contribution >= 4 is 5.84 Å². The van der Waals surface area contributed by atoms with Gasteiger partial charge in [-0.3, -0.25) is 4.90 Å². The molecule has 0 saturated carbocycles. The van der Waals surface area contributed by atoms with Gasteiger partial charge in [-0.15, -0.1) is 0 Å². The lowest BCUT2D eigenvalue weighted by molar-refractivity contribution is 0.111. The van der Waals surface area contributed by atoms with Crippen LogP contribution in [-0.4, -0.2) is 29.0 Å². The van der Waals surface area contributed by atoms with Gasteiger partial charge in [0.05, 0.1) is 0 Å². The van der Waals surface area contributed by atoms with Gasteiger partial charge in [-0.25, -0.2) is 0 Å². The van der Waals surface area contributed by atoms with Gasteiger partial charge in [0, 0.05) is 18.7 Å². The molecule has 0 amide bonds. The van der Waals surface area contributed by atoms with Crippen LogP contribution in [0.1, 0.15) is 37.8 Å². The first-order chi connectivity index (χ1) is 9.00. The van der Waals surface area contributed by atoms with E-state index in [1.165, 1.54) is 18.4 Å². The van der Waals surface area contributed by atoms with E-state index >= 15 is 0 Å². The summed E-state index contributed by atoms with van der Waals surface area (Å²) in [7, 11) is 0. The Balaban J connectivity index is 2.07. The Bertz CT molecular complexity index is 468. The second-order valence-corrected chi connectivity index (χ2v) is 6.16. The summed E-state index contributed by atoms with van der Waals surface area (Å²) in [5, 5.41) is 11.8. The number of rotatable bonds is 3. The van der Waals surface area contributed by atoms with Crippen molar-refractivity contribution in [2.75, 3.05) is 13.1 Å². The van der Waals surface area contributed by atoms with Crippen molar-refractivity contribution in [3.63, 3.8) is 0 Å². The van der Waals surface area contributed by atoms with E-state index in [0.29, 0.717) is 5.41 Å². The van der Waals surface area contributed by atoms with Gasteiger partial charge < -0.3 is 10.9 Å². The second-order valence-electron chi connectivity index (χ2n) is 6.16. The lowest BCUT2D eigenvalue weighted by Crippen LogP contribution is -2.39. The SMILES string of the molecule is CC1(C)CCCN(Cc2cccc(C(N)=NO)c2)C1. The third-order valence-corrected chi connectivity index (χ3v) is 3.72. The smallest absolute Gasteiger partial charge is 0.170 e. The molecule has 0 atom stereocenters. The molecular weight excluding hydrogens is 238 g/mol. The minimum atomic E-state index is 0.167. The van der Waals surface area contributed by atoms with Crippen LogP contribution >= 0.6 is 0 Å². The number of hydrogen-bond donors (Lipinski definition) is 2. The van der Waals surface area contributed by atoms with E-state index in [4.69, 9.17) is 10.9 Å². The number of likely N-dealkylation sites (tertiary alicyclic amines) is 1. The van der Waals surface area contributed by atoms with Crippen LogP contribution in [0.15, 0.2) is 29.4 Å². The van der Waals surface area contributed by atoms with Crippen molar-refractivity contribution < 1.29 is 5.21 Å². The van der Waals surface area contributed by atoms with E-state index in [1.807, 2.05) is 18.2 Å². The van der Waals surface area contributed by atoms with Crippen LogP contribution in [-0.2, 0) is 6.54 Å². The predicted molar refractivity (Wildman–Crippen MR) is 77.2 cm³/mol. The molecular formula is C15H23N3O. The molecule has 1 aliphatic heterocycles. The van der Waals surface area contributed by atoms with Crippen molar-refractivity contribution in [2.24, 2.45) is 16.3 Å². The van der Waals surface area contributed by atoms with Crippen molar-refractivity contribution in [1.29, 1.82) is 0 Å².